The molecule has 0 fully saturated rings. The summed E-state index contributed by atoms with van der Waals surface area (Å²) in [5.74, 6) is 0.284. The summed E-state index contributed by atoms with van der Waals surface area (Å²) in [7, 11) is 0. The Morgan fingerprint density at radius 3 is 3.00 bits per heavy atom. The molecule has 0 unspecified atom stereocenters. The molecule has 0 spiro atoms. The molecule has 0 bridgehead atoms. The topological polar surface area (TPSA) is 85.4 Å². The molecule has 21 heavy (non-hydrogen) atoms. The van der Waals surface area contributed by atoms with Crippen molar-refractivity contribution in [1.82, 2.24) is 14.4 Å². The fourth-order valence-corrected chi connectivity index (χ4v) is 2.10. The quantitative estimate of drug-likeness (QED) is 0.573. The van der Waals surface area contributed by atoms with E-state index in [1.807, 2.05) is 35.0 Å². The third-order valence-electron chi connectivity index (χ3n) is 3.07. The fraction of sp³-hybridized carbons (Fsp3) is 0.143. The number of fused-ring (bicyclic) bond motifs is 1. The Balaban J connectivity index is 1.67. The fourth-order valence-electron chi connectivity index (χ4n) is 2.10. The minimum Gasteiger partial charge on any atom is -0.364 e. The SMILES string of the molecule is O=[N+]([O-])c1cccnc1NCCc1cn2ccccc2n1. The molecule has 0 aliphatic carbocycles. The van der Waals surface area contributed by atoms with Gasteiger partial charge in [-0.1, -0.05) is 6.07 Å². The molecule has 3 rings (SSSR count). The molecule has 1 N–H and O–H groups in total. The van der Waals surface area contributed by atoms with Gasteiger partial charge in [0.25, 0.3) is 0 Å². The van der Waals surface area contributed by atoms with Crippen molar-refractivity contribution in [2.45, 2.75) is 6.42 Å². The van der Waals surface area contributed by atoms with Gasteiger partial charge in [-0.05, 0) is 18.2 Å². The Hall–Kier alpha value is -2.96. The minimum absolute atomic E-state index is 0.0208. The van der Waals surface area contributed by atoms with E-state index in [1.54, 1.807) is 6.07 Å². The molecule has 7 heteroatoms. The lowest BCUT2D eigenvalue weighted by Gasteiger charge is -2.04. The number of imidazole rings is 1. The first kappa shape index (κ1) is 13.0. The van der Waals surface area contributed by atoms with Crippen LogP contribution in [-0.2, 0) is 6.42 Å². The standard InChI is InChI=1S/C14H13N5O2/c20-19(21)12-4-3-7-15-14(12)16-8-6-11-10-18-9-2-1-5-13(18)17-11/h1-5,7,9-10H,6,8H2,(H,15,16). The molecule has 3 heterocycles. The number of hydrogen-bond acceptors (Lipinski definition) is 5. The van der Waals surface area contributed by atoms with Crippen LogP contribution in [0.1, 0.15) is 5.69 Å². The van der Waals surface area contributed by atoms with Gasteiger partial charge in [-0.15, -0.1) is 0 Å². The van der Waals surface area contributed by atoms with Crippen molar-refractivity contribution in [1.29, 1.82) is 0 Å². The molecule has 0 atom stereocenters. The van der Waals surface area contributed by atoms with Crippen LogP contribution >= 0.6 is 0 Å². The Morgan fingerprint density at radius 1 is 1.29 bits per heavy atom. The van der Waals surface area contributed by atoms with Gasteiger partial charge in [0, 0.05) is 37.6 Å². The Kier molecular flexibility index (Phi) is 3.46. The van der Waals surface area contributed by atoms with Crippen molar-refractivity contribution in [3.63, 3.8) is 0 Å². The van der Waals surface area contributed by atoms with Crippen molar-refractivity contribution in [2.75, 3.05) is 11.9 Å². The average molecular weight is 283 g/mol. The first-order valence-electron chi connectivity index (χ1n) is 6.50. The van der Waals surface area contributed by atoms with Crippen molar-refractivity contribution in [3.05, 3.63) is 64.7 Å². The van der Waals surface area contributed by atoms with Crippen LogP contribution in [0.15, 0.2) is 48.9 Å². The lowest BCUT2D eigenvalue weighted by Crippen LogP contribution is -2.08. The van der Waals surface area contributed by atoms with Crippen LogP contribution in [0, 0.1) is 10.1 Å². The van der Waals surface area contributed by atoms with Crippen molar-refractivity contribution >= 4 is 17.2 Å². The molecule has 0 aromatic carbocycles. The summed E-state index contributed by atoms with van der Waals surface area (Å²) in [5.41, 5.74) is 1.79. The van der Waals surface area contributed by atoms with E-state index in [-0.39, 0.29) is 11.5 Å². The van der Waals surface area contributed by atoms with Gasteiger partial charge in [0.1, 0.15) is 5.65 Å². The summed E-state index contributed by atoms with van der Waals surface area (Å²) in [6.07, 6.45) is 6.07. The van der Waals surface area contributed by atoms with Crippen LogP contribution in [0.2, 0.25) is 0 Å². The Morgan fingerprint density at radius 2 is 2.19 bits per heavy atom. The molecule has 0 saturated heterocycles. The predicted octanol–water partition coefficient (Wildman–Crippen LogP) is 2.29. The maximum atomic E-state index is 10.9. The summed E-state index contributed by atoms with van der Waals surface area (Å²) >= 11 is 0. The van der Waals surface area contributed by atoms with E-state index in [4.69, 9.17) is 0 Å². The maximum Gasteiger partial charge on any atom is 0.311 e. The van der Waals surface area contributed by atoms with E-state index in [2.05, 4.69) is 15.3 Å². The second kappa shape index (κ2) is 5.58. The van der Waals surface area contributed by atoms with E-state index in [0.717, 1.165) is 11.3 Å². The second-order valence-electron chi connectivity index (χ2n) is 4.50. The molecule has 0 saturated carbocycles. The van der Waals surface area contributed by atoms with Crippen LogP contribution in [-0.4, -0.2) is 25.8 Å². The molecular weight excluding hydrogens is 270 g/mol. The van der Waals surface area contributed by atoms with Gasteiger partial charge >= 0.3 is 5.69 Å². The zero-order valence-electron chi connectivity index (χ0n) is 11.1. The number of nitrogens with zero attached hydrogens (tertiary/aromatic N) is 4. The lowest BCUT2D eigenvalue weighted by atomic mass is 10.3. The van der Waals surface area contributed by atoms with Crippen LogP contribution in [0.25, 0.3) is 5.65 Å². The van der Waals surface area contributed by atoms with E-state index in [0.29, 0.717) is 13.0 Å². The molecule has 3 aromatic heterocycles. The normalized spacial score (nSPS) is 10.7. The summed E-state index contributed by atoms with van der Waals surface area (Å²) in [5, 5.41) is 13.9. The minimum atomic E-state index is -0.444. The van der Waals surface area contributed by atoms with E-state index in [1.165, 1.54) is 12.3 Å². The molecule has 0 radical (unpaired) electrons. The van der Waals surface area contributed by atoms with Gasteiger partial charge < -0.3 is 9.72 Å². The van der Waals surface area contributed by atoms with Crippen LogP contribution in [0.3, 0.4) is 0 Å². The highest BCUT2D eigenvalue weighted by Gasteiger charge is 2.13. The highest BCUT2D eigenvalue weighted by molar-refractivity contribution is 5.55. The predicted molar refractivity (Wildman–Crippen MR) is 78.3 cm³/mol. The molecule has 106 valence electrons. The van der Waals surface area contributed by atoms with E-state index in [9.17, 15) is 10.1 Å². The van der Waals surface area contributed by atoms with Crippen LogP contribution in [0.5, 0.6) is 0 Å². The molecule has 7 nitrogen and oxygen atoms in total. The van der Waals surface area contributed by atoms with E-state index < -0.39 is 4.92 Å². The maximum absolute atomic E-state index is 10.9. The number of hydrogen-bond donors (Lipinski definition) is 1. The summed E-state index contributed by atoms with van der Waals surface area (Å²) in [6.45, 7) is 0.529. The number of nitrogens with one attached hydrogen (secondary N) is 1. The zero-order chi connectivity index (χ0) is 14.7. The average Bonchev–Trinajstić information content (AvgIpc) is 2.90. The van der Waals surface area contributed by atoms with Gasteiger partial charge in [-0.25, -0.2) is 9.97 Å². The number of pyridine rings is 2. The van der Waals surface area contributed by atoms with E-state index >= 15 is 0 Å². The van der Waals surface area contributed by atoms with Crippen LogP contribution < -0.4 is 5.32 Å². The lowest BCUT2D eigenvalue weighted by molar-refractivity contribution is -0.384. The number of rotatable bonds is 5. The van der Waals surface area contributed by atoms with Gasteiger partial charge in [-0.3, -0.25) is 10.1 Å². The van der Waals surface area contributed by atoms with Gasteiger partial charge in [-0.2, -0.15) is 0 Å². The number of aromatic nitrogens is 3. The third kappa shape index (κ3) is 2.81. The summed E-state index contributed by atoms with van der Waals surface area (Å²) in [6, 6.07) is 8.78. The summed E-state index contributed by atoms with van der Waals surface area (Å²) < 4.78 is 1.94. The van der Waals surface area contributed by atoms with Gasteiger partial charge in [0.2, 0.25) is 5.82 Å². The van der Waals surface area contributed by atoms with Crippen molar-refractivity contribution < 1.29 is 4.92 Å². The third-order valence-corrected chi connectivity index (χ3v) is 3.07. The molecule has 3 aromatic rings. The Bertz CT molecular complexity index is 751. The Labute approximate surface area is 120 Å². The molecular formula is C14H13N5O2. The second-order valence-corrected chi connectivity index (χ2v) is 4.50. The van der Waals surface area contributed by atoms with Crippen LogP contribution in [0.4, 0.5) is 11.5 Å². The monoisotopic (exact) mass is 283 g/mol. The largest absolute Gasteiger partial charge is 0.364 e. The van der Waals surface area contributed by atoms with Crippen molar-refractivity contribution in [3.8, 4) is 0 Å². The molecule has 0 aliphatic heterocycles. The number of nitro groups is 1. The summed E-state index contributed by atoms with van der Waals surface area (Å²) in [4.78, 5) is 18.9. The molecule has 0 aliphatic rings. The van der Waals surface area contributed by atoms with Crippen molar-refractivity contribution in [2.24, 2.45) is 0 Å². The van der Waals surface area contributed by atoms with Gasteiger partial charge in [0.05, 0.1) is 10.6 Å². The van der Waals surface area contributed by atoms with Gasteiger partial charge in [0.15, 0.2) is 0 Å². The molecule has 0 amide bonds. The first-order valence-corrected chi connectivity index (χ1v) is 6.50. The zero-order valence-corrected chi connectivity index (χ0v) is 11.1. The number of anilines is 1. The smallest absolute Gasteiger partial charge is 0.311 e. The first-order chi connectivity index (χ1) is 10.2. The highest BCUT2D eigenvalue weighted by Crippen LogP contribution is 2.20. The highest BCUT2D eigenvalue weighted by atomic mass is 16.6.